The smallest absolute Gasteiger partial charge is 0.144 e. The lowest BCUT2D eigenvalue weighted by molar-refractivity contribution is 0.167. The largest absolute Gasteiger partial charge is 0.375 e. The standard InChI is InChI=1S/C11H15ClN2O/c1-9(2)8-15-7-6-14-11-10(12)4-3-5-13-11/h3-5H,1,6-8H2,2H3,(H,13,14). The molecule has 0 saturated carbocycles. The number of nitrogens with zero attached hydrogens (tertiary/aromatic N) is 1. The van der Waals surface area contributed by atoms with Gasteiger partial charge < -0.3 is 10.1 Å². The van der Waals surface area contributed by atoms with Crippen molar-refractivity contribution < 1.29 is 4.74 Å². The summed E-state index contributed by atoms with van der Waals surface area (Å²) in [6.45, 7) is 7.57. The van der Waals surface area contributed by atoms with E-state index in [1.165, 1.54) is 0 Å². The normalized spacial score (nSPS) is 10.0. The molecule has 0 unspecified atom stereocenters. The Morgan fingerprint density at radius 1 is 1.67 bits per heavy atom. The minimum absolute atomic E-state index is 0.595. The van der Waals surface area contributed by atoms with Gasteiger partial charge in [-0.05, 0) is 19.1 Å². The van der Waals surface area contributed by atoms with Crippen molar-refractivity contribution in [3.05, 3.63) is 35.5 Å². The Balaban J connectivity index is 2.21. The number of nitrogens with one attached hydrogen (secondary N) is 1. The number of ether oxygens (including phenoxy) is 1. The quantitative estimate of drug-likeness (QED) is 0.598. The second-order valence-electron chi connectivity index (χ2n) is 3.27. The predicted octanol–water partition coefficient (Wildman–Crippen LogP) is 2.74. The molecule has 0 aliphatic heterocycles. The fourth-order valence-electron chi connectivity index (χ4n) is 1.00. The van der Waals surface area contributed by atoms with E-state index in [0.29, 0.717) is 30.6 Å². The first-order valence-electron chi connectivity index (χ1n) is 4.76. The first-order chi connectivity index (χ1) is 7.20. The molecule has 3 nitrogen and oxygen atoms in total. The second kappa shape index (κ2) is 6.43. The number of aromatic nitrogens is 1. The van der Waals surface area contributed by atoms with Crippen molar-refractivity contribution >= 4 is 17.4 Å². The molecule has 0 bridgehead atoms. The molecule has 0 radical (unpaired) electrons. The minimum Gasteiger partial charge on any atom is -0.375 e. The van der Waals surface area contributed by atoms with Crippen LogP contribution in [0.3, 0.4) is 0 Å². The number of hydrogen-bond donors (Lipinski definition) is 1. The lowest BCUT2D eigenvalue weighted by atomic mass is 10.4. The van der Waals surface area contributed by atoms with Crippen molar-refractivity contribution in [2.45, 2.75) is 6.92 Å². The predicted molar refractivity (Wildman–Crippen MR) is 63.4 cm³/mol. The monoisotopic (exact) mass is 226 g/mol. The summed E-state index contributed by atoms with van der Waals surface area (Å²) >= 11 is 5.91. The molecular weight excluding hydrogens is 212 g/mol. The molecule has 0 amide bonds. The molecule has 0 aliphatic carbocycles. The van der Waals surface area contributed by atoms with Crippen molar-refractivity contribution in [2.24, 2.45) is 0 Å². The van der Waals surface area contributed by atoms with Crippen LogP contribution in [-0.4, -0.2) is 24.7 Å². The maximum atomic E-state index is 5.91. The molecule has 0 spiro atoms. The Morgan fingerprint density at radius 3 is 3.13 bits per heavy atom. The Morgan fingerprint density at radius 2 is 2.47 bits per heavy atom. The summed E-state index contributed by atoms with van der Waals surface area (Å²) in [7, 11) is 0. The van der Waals surface area contributed by atoms with Crippen LogP contribution in [0.15, 0.2) is 30.5 Å². The van der Waals surface area contributed by atoms with Crippen LogP contribution in [0, 0.1) is 0 Å². The molecule has 0 aliphatic rings. The van der Waals surface area contributed by atoms with E-state index in [1.807, 2.05) is 6.92 Å². The van der Waals surface area contributed by atoms with Crippen LogP contribution in [0.25, 0.3) is 0 Å². The zero-order valence-electron chi connectivity index (χ0n) is 8.79. The van der Waals surface area contributed by atoms with Crippen molar-refractivity contribution in [2.75, 3.05) is 25.1 Å². The van der Waals surface area contributed by atoms with Gasteiger partial charge in [-0.1, -0.05) is 23.8 Å². The molecule has 0 atom stereocenters. The highest BCUT2D eigenvalue weighted by atomic mass is 35.5. The molecule has 0 aromatic carbocycles. The van der Waals surface area contributed by atoms with Gasteiger partial charge >= 0.3 is 0 Å². The number of hydrogen-bond acceptors (Lipinski definition) is 3. The van der Waals surface area contributed by atoms with Crippen LogP contribution in [0.2, 0.25) is 5.02 Å². The number of rotatable bonds is 6. The molecule has 82 valence electrons. The second-order valence-corrected chi connectivity index (χ2v) is 3.68. The topological polar surface area (TPSA) is 34.1 Å². The molecule has 1 N–H and O–H groups in total. The third-order valence-electron chi connectivity index (χ3n) is 1.65. The molecule has 1 heterocycles. The van der Waals surface area contributed by atoms with E-state index in [9.17, 15) is 0 Å². The van der Waals surface area contributed by atoms with Gasteiger partial charge in [0.25, 0.3) is 0 Å². The van der Waals surface area contributed by atoms with Crippen LogP contribution in [-0.2, 0) is 4.74 Å². The van der Waals surface area contributed by atoms with Crippen molar-refractivity contribution in [3.8, 4) is 0 Å². The molecule has 1 aromatic rings. The molecule has 4 heteroatoms. The van der Waals surface area contributed by atoms with Gasteiger partial charge in [0.05, 0.1) is 18.2 Å². The molecular formula is C11H15ClN2O. The highest BCUT2D eigenvalue weighted by Gasteiger charge is 1.98. The Hall–Kier alpha value is -1.06. The number of pyridine rings is 1. The Kier molecular flexibility index (Phi) is 5.15. The number of anilines is 1. The fourth-order valence-corrected chi connectivity index (χ4v) is 1.19. The zero-order chi connectivity index (χ0) is 11.1. The first kappa shape index (κ1) is 12.0. The first-order valence-corrected chi connectivity index (χ1v) is 5.14. The van der Waals surface area contributed by atoms with Crippen LogP contribution in [0.5, 0.6) is 0 Å². The van der Waals surface area contributed by atoms with Gasteiger partial charge in [-0.2, -0.15) is 0 Å². The van der Waals surface area contributed by atoms with E-state index >= 15 is 0 Å². The van der Waals surface area contributed by atoms with Gasteiger partial charge in [-0.25, -0.2) is 4.98 Å². The molecule has 1 aromatic heterocycles. The third kappa shape index (κ3) is 4.81. The molecule has 0 saturated heterocycles. The van der Waals surface area contributed by atoms with Gasteiger partial charge in [0.15, 0.2) is 0 Å². The van der Waals surface area contributed by atoms with Crippen molar-refractivity contribution in [1.29, 1.82) is 0 Å². The van der Waals surface area contributed by atoms with Gasteiger partial charge in [0.2, 0.25) is 0 Å². The van der Waals surface area contributed by atoms with Crippen LogP contribution >= 0.6 is 11.6 Å². The maximum Gasteiger partial charge on any atom is 0.144 e. The van der Waals surface area contributed by atoms with E-state index in [4.69, 9.17) is 16.3 Å². The van der Waals surface area contributed by atoms with E-state index in [0.717, 1.165) is 5.57 Å². The lowest BCUT2D eigenvalue weighted by Crippen LogP contribution is -2.11. The molecule has 0 fully saturated rings. The van der Waals surface area contributed by atoms with Crippen LogP contribution < -0.4 is 5.32 Å². The highest BCUT2D eigenvalue weighted by molar-refractivity contribution is 6.32. The minimum atomic E-state index is 0.595. The lowest BCUT2D eigenvalue weighted by Gasteiger charge is -2.07. The van der Waals surface area contributed by atoms with Gasteiger partial charge in [0, 0.05) is 12.7 Å². The van der Waals surface area contributed by atoms with Crippen LogP contribution in [0.1, 0.15) is 6.92 Å². The summed E-state index contributed by atoms with van der Waals surface area (Å²) in [5.41, 5.74) is 1.02. The summed E-state index contributed by atoms with van der Waals surface area (Å²) < 4.78 is 5.32. The summed E-state index contributed by atoms with van der Waals surface area (Å²) in [5.74, 6) is 0.693. The van der Waals surface area contributed by atoms with Crippen molar-refractivity contribution in [3.63, 3.8) is 0 Å². The Labute approximate surface area is 95.1 Å². The maximum absolute atomic E-state index is 5.91. The Bertz CT molecular complexity index is 328. The zero-order valence-corrected chi connectivity index (χ0v) is 9.55. The SMILES string of the molecule is C=C(C)COCCNc1ncccc1Cl. The fraction of sp³-hybridized carbons (Fsp3) is 0.364. The van der Waals surface area contributed by atoms with Crippen LogP contribution in [0.4, 0.5) is 5.82 Å². The third-order valence-corrected chi connectivity index (χ3v) is 1.95. The summed E-state index contributed by atoms with van der Waals surface area (Å²) in [6, 6.07) is 3.59. The molecule has 15 heavy (non-hydrogen) atoms. The average Bonchev–Trinajstić information content (AvgIpc) is 2.20. The summed E-state index contributed by atoms with van der Waals surface area (Å²) in [5, 5.41) is 3.71. The van der Waals surface area contributed by atoms with E-state index in [2.05, 4.69) is 16.9 Å². The highest BCUT2D eigenvalue weighted by Crippen LogP contribution is 2.16. The number of halogens is 1. The molecule has 1 rings (SSSR count). The van der Waals surface area contributed by atoms with Crippen molar-refractivity contribution in [1.82, 2.24) is 4.98 Å². The van der Waals surface area contributed by atoms with E-state index in [1.54, 1.807) is 18.3 Å². The van der Waals surface area contributed by atoms with E-state index in [-0.39, 0.29) is 0 Å². The van der Waals surface area contributed by atoms with Gasteiger partial charge in [-0.15, -0.1) is 0 Å². The summed E-state index contributed by atoms with van der Waals surface area (Å²) in [4.78, 5) is 4.09. The van der Waals surface area contributed by atoms with E-state index < -0.39 is 0 Å². The van der Waals surface area contributed by atoms with Gasteiger partial charge in [-0.3, -0.25) is 0 Å². The average molecular weight is 227 g/mol. The summed E-state index contributed by atoms with van der Waals surface area (Å²) in [6.07, 6.45) is 1.70. The van der Waals surface area contributed by atoms with Gasteiger partial charge in [0.1, 0.15) is 5.82 Å².